The maximum Gasteiger partial charge on any atom is 0.133 e. The maximum absolute atomic E-state index is 9.57. The third-order valence-electron chi connectivity index (χ3n) is 1.71. The fourth-order valence-corrected chi connectivity index (χ4v) is 1.16. The van der Waals surface area contributed by atoms with Gasteiger partial charge in [-0.2, -0.15) is 0 Å². The molecule has 0 bridgehead atoms. The number of hydrogen-bond acceptors (Lipinski definition) is 5. The summed E-state index contributed by atoms with van der Waals surface area (Å²) in [5, 5.41) is 31.9. The third-order valence-corrected chi connectivity index (χ3v) is 1.71. The Morgan fingerprint density at radius 1 is 1.07 bits per heavy atom. The van der Waals surface area contributed by atoms with Gasteiger partial charge in [-0.05, 0) is 24.6 Å². The van der Waals surface area contributed by atoms with E-state index in [0.29, 0.717) is 11.1 Å². The van der Waals surface area contributed by atoms with Crippen LogP contribution in [0.15, 0.2) is 22.4 Å². The Bertz CT molecular complexity index is 353. The van der Waals surface area contributed by atoms with Gasteiger partial charge in [0.15, 0.2) is 0 Å². The van der Waals surface area contributed by atoms with E-state index in [9.17, 15) is 5.11 Å². The van der Waals surface area contributed by atoms with Crippen LogP contribution in [0.5, 0.6) is 5.75 Å². The molecule has 0 unspecified atom stereocenters. The van der Waals surface area contributed by atoms with E-state index in [1.807, 2.05) is 6.92 Å². The number of oxime groups is 2. The van der Waals surface area contributed by atoms with Gasteiger partial charge in [0, 0.05) is 11.1 Å². The molecule has 0 atom stereocenters. The van der Waals surface area contributed by atoms with Crippen molar-refractivity contribution in [1.82, 2.24) is 0 Å². The second-order valence-corrected chi connectivity index (χ2v) is 2.78. The van der Waals surface area contributed by atoms with Crippen LogP contribution in [0, 0.1) is 6.92 Å². The van der Waals surface area contributed by atoms with Crippen molar-refractivity contribution in [2.75, 3.05) is 0 Å². The van der Waals surface area contributed by atoms with E-state index in [1.165, 1.54) is 0 Å². The van der Waals surface area contributed by atoms with Crippen LogP contribution >= 0.6 is 0 Å². The quantitative estimate of drug-likeness (QED) is 0.377. The highest BCUT2D eigenvalue weighted by Gasteiger charge is 2.05. The topological polar surface area (TPSA) is 85.4 Å². The summed E-state index contributed by atoms with van der Waals surface area (Å²) in [5.41, 5.74) is 1.58. The molecular formula is C9H10N2O3. The summed E-state index contributed by atoms with van der Waals surface area (Å²) in [6.45, 7) is 1.81. The zero-order chi connectivity index (χ0) is 10.6. The van der Waals surface area contributed by atoms with Crippen molar-refractivity contribution < 1.29 is 15.5 Å². The average molecular weight is 194 g/mol. The number of aromatic hydroxyl groups is 1. The molecule has 3 N–H and O–H groups in total. The van der Waals surface area contributed by atoms with Crippen LogP contribution < -0.4 is 0 Å². The van der Waals surface area contributed by atoms with Crippen molar-refractivity contribution in [3.8, 4) is 5.75 Å². The lowest BCUT2D eigenvalue weighted by atomic mass is 10.1. The first-order valence-corrected chi connectivity index (χ1v) is 3.87. The van der Waals surface area contributed by atoms with Gasteiger partial charge in [0.2, 0.25) is 0 Å². The lowest BCUT2D eigenvalue weighted by Crippen LogP contribution is -1.91. The molecule has 0 aromatic heterocycles. The summed E-state index contributed by atoms with van der Waals surface area (Å²) in [6.07, 6.45) is 2.22. The molecule has 14 heavy (non-hydrogen) atoms. The Hall–Kier alpha value is -2.04. The minimum atomic E-state index is -0.0915. The molecule has 1 aromatic carbocycles. The van der Waals surface area contributed by atoms with E-state index in [0.717, 1.165) is 18.0 Å². The summed E-state index contributed by atoms with van der Waals surface area (Å²) < 4.78 is 0. The van der Waals surface area contributed by atoms with Gasteiger partial charge in [-0.15, -0.1) is 0 Å². The van der Waals surface area contributed by atoms with Crippen LogP contribution in [-0.4, -0.2) is 28.0 Å². The van der Waals surface area contributed by atoms with Crippen LogP contribution in [0.1, 0.15) is 16.7 Å². The fourth-order valence-electron chi connectivity index (χ4n) is 1.16. The van der Waals surface area contributed by atoms with Gasteiger partial charge < -0.3 is 15.5 Å². The molecule has 5 nitrogen and oxygen atoms in total. The van der Waals surface area contributed by atoms with Gasteiger partial charge in [-0.25, -0.2) is 0 Å². The van der Waals surface area contributed by atoms with Crippen molar-refractivity contribution in [2.24, 2.45) is 10.3 Å². The van der Waals surface area contributed by atoms with Crippen LogP contribution in [0.2, 0.25) is 0 Å². The van der Waals surface area contributed by atoms with Gasteiger partial charge >= 0.3 is 0 Å². The van der Waals surface area contributed by atoms with E-state index in [2.05, 4.69) is 10.3 Å². The lowest BCUT2D eigenvalue weighted by Gasteiger charge is -2.03. The molecule has 5 heteroatoms. The standard InChI is InChI=1S/C9H10N2O3/c1-6-2-7(4-10-13)9(12)8(3-6)5-11-14/h2-5,12-14H,1H3/b10-4+,11-5+. The Kier molecular flexibility index (Phi) is 3.06. The molecule has 0 saturated heterocycles. The number of benzene rings is 1. The highest BCUT2D eigenvalue weighted by Crippen LogP contribution is 2.21. The first-order chi connectivity index (χ1) is 6.69. The molecule has 74 valence electrons. The largest absolute Gasteiger partial charge is 0.507 e. The molecule has 0 aliphatic carbocycles. The van der Waals surface area contributed by atoms with Gasteiger partial charge in [-0.1, -0.05) is 10.3 Å². The minimum absolute atomic E-state index is 0.0915. The molecule has 0 aliphatic rings. The Balaban J connectivity index is 3.31. The molecule has 0 heterocycles. The highest BCUT2D eigenvalue weighted by atomic mass is 16.4. The Morgan fingerprint density at radius 2 is 1.50 bits per heavy atom. The van der Waals surface area contributed by atoms with Crippen LogP contribution in [0.3, 0.4) is 0 Å². The first kappa shape index (κ1) is 10.0. The van der Waals surface area contributed by atoms with Gasteiger partial charge in [0.25, 0.3) is 0 Å². The molecule has 0 fully saturated rings. The van der Waals surface area contributed by atoms with E-state index in [4.69, 9.17) is 10.4 Å². The van der Waals surface area contributed by atoms with Gasteiger partial charge in [0.1, 0.15) is 5.75 Å². The zero-order valence-corrected chi connectivity index (χ0v) is 7.55. The van der Waals surface area contributed by atoms with E-state index in [1.54, 1.807) is 12.1 Å². The van der Waals surface area contributed by atoms with E-state index in [-0.39, 0.29) is 5.75 Å². The summed E-state index contributed by atoms with van der Waals surface area (Å²) in [6, 6.07) is 3.29. The van der Waals surface area contributed by atoms with Crippen LogP contribution in [-0.2, 0) is 0 Å². The van der Waals surface area contributed by atoms with Gasteiger partial charge in [0.05, 0.1) is 12.4 Å². The predicted molar refractivity (Wildman–Crippen MR) is 51.6 cm³/mol. The molecule has 0 spiro atoms. The SMILES string of the molecule is Cc1cc(/C=N/O)c(O)c(/C=N/O)c1. The minimum Gasteiger partial charge on any atom is -0.507 e. The molecular weight excluding hydrogens is 184 g/mol. The number of nitrogens with zero attached hydrogens (tertiary/aromatic N) is 2. The molecule has 0 amide bonds. The molecule has 0 saturated carbocycles. The zero-order valence-electron chi connectivity index (χ0n) is 7.55. The molecule has 0 radical (unpaired) electrons. The summed E-state index contributed by atoms with van der Waals surface area (Å²) in [4.78, 5) is 0. The fraction of sp³-hybridized carbons (Fsp3) is 0.111. The van der Waals surface area contributed by atoms with Crippen molar-refractivity contribution >= 4 is 12.4 Å². The monoisotopic (exact) mass is 194 g/mol. The Morgan fingerprint density at radius 3 is 1.86 bits per heavy atom. The first-order valence-electron chi connectivity index (χ1n) is 3.87. The highest BCUT2D eigenvalue weighted by molar-refractivity contribution is 5.91. The summed E-state index contributed by atoms with van der Waals surface area (Å²) in [5.74, 6) is -0.0915. The number of phenolic OH excluding ortho intramolecular Hbond substituents is 1. The normalized spacial score (nSPS) is 11.5. The van der Waals surface area contributed by atoms with Crippen molar-refractivity contribution in [2.45, 2.75) is 6.92 Å². The third kappa shape index (κ3) is 2.01. The summed E-state index contributed by atoms with van der Waals surface area (Å²) in [7, 11) is 0. The van der Waals surface area contributed by atoms with Crippen molar-refractivity contribution in [3.63, 3.8) is 0 Å². The summed E-state index contributed by atoms with van der Waals surface area (Å²) >= 11 is 0. The number of rotatable bonds is 2. The van der Waals surface area contributed by atoms with Crippen LogP contribution in [0.4, 0.5) is 0 Å². The van der Waals surface area contributed by atoms with Crippen molar-refractivity contribution in [1.29, 1.82) is 0 Å². The van der Waals surface area contributed by atoms with Crippen molar-refractivity contribution in [3.05, 3.63) is 28.8 Å². The smallest absolute Gasteiger partial charge is 0.133 e. The molecule has 0 aliphatic heterocycles. The molecule has 1 rings (SSSR count). The van der Waals surface area contributed by atoms with Crippen LogP contribution in [0.25, 0.3) is 0 Å². The lowest BCUT2D eigenvalue weighted by molar-refractivity contribution is 0.321. The second-order valence-electron chi connectivity index (χ2n) is 2.78. The Labute approximate surface area is 80.6 Å². The predicted octanol–water partition coefficient (Wildman–Crippen LogP) is 1.32. The average Bonchev–Trinajstić information content (AvgIpc) is 2.14. The molecule has 1 aromatic rings. The number of hydrogen-bond donors (Lipinski definition) is 3. The number of phenols is 1. The van der Waals surface area contributed by atoms with Gasteiger partial charge in [-0.3, -0.25) is 0 Å². The number of aryl methyl sites for hydroxylation is 1. The van der Waals surface area contributed by atoms with E-state index < -0.39 is 0 Å². The second kappa shape index (κ2) is 4.27. The maximum atomic E-state index is 9.57. The van der Waals surface area contributed by atoms with E-state index >= 15 is 0 Å².